The van der Waals surface area contributed by atoms with Crippen LogP contribution in [-0.4, -0.2) is 18.4 Å². The molecule has 0 amide bonds. The predicted molar refractivity (Wildman–Crippen MR) is 85.2 cm³/mol. The molecule has 0 aromatic heterocycles. The van der Waals surface area contributed by atoms with E-state index in [4.69, 9.17) is 33.7 Å². The monoisotopic (exact) mass is 338 g/mol. The highest BCUT2D eigenvalue weighted by Gasteiger charge is 2.08. The van der Waals surface area contributed by atoms with E-state index in [2.05, 4.69) is 9.99 Å². The van der Waals surface area contributed by atoms with E-state index in [1.54, 1.807) is 36.4 Å². The molecule has 0 aliphatic carbocycles. The third kappa shape index (κ3) is 4.65. The summed E-state index contributed by atoms with van der Waals surface area (Å²) in [6.07, 6.45) is 0. The smallest absolute Gasteiger partial charge is 0.372 e. The fourth-order valence-corrected chi connectivity index (χ4v) is 1.98. The van der Waals surface area contributed by atoms with E-state index in [0.717, 1.165) is 0 Å². The van der Waals surface area contributed by atoms with E-state index in [9.17, 15) is 4.79 Å². The zero-order chi connectivity index (χ0) is 15.9. The third-order valence-corrected chi connectivity index (χ3v) is 3.09. The van der Waals surface area contributed by atoms with Crippen LogP contribution >= 0.6 is 23.2 Å². The van der Waals surface area contributed by atoms with Crippen molar-refractivity contribution in [1.29, 1.82) is 0 Å². The minimum absolute atomic E-state index is 0.0958. The molecule has 0 heterocycles. The van der Waals surface area contributed by atoms with E-state index < -0.39 is 5.97 Å². The Kier molecular flexibility index (Phi) is 5.63. The van der Waals surface area contributed by atoms with E-state index >= 15 is 0 Å². The Morgan fingerprint density at radius 2 is 1.86 bits per heavy atom. The second-order valence-electron chi connectivity index (χ2n) is 4.17. The van der Waals surface area contributed by atoms with Gasteiger partial charge in [0.25, 0.3) is 0 Å². The summed E-state index contributed by atoms with van der Waals surface area (Å²) in [5.41, 5.74) is 6.34. The molecule has 0 radical (unpaired) electrons. The highest BCUT2D eigenvalue weighted by atomic mass is 35.5. The van der Waals surface area contributed by atoms with Gasteiger partial charge in [-0.3, -0.25) is 0 Å². The van der Waals surface area contributed by atoms with Crippen molar-refractivity contribution in [3.05, 3.63) is 64.1 Å². The van der Waals surface area contributed by atoms with Crippen LogP contribution in [0.5, 0.6) is 5.75 Å². The molecule has 2 aromatic rings. The van der Waals surface area contributed by atoms with Crippen LogP contribution in [0.2, 0.25) is 10.0 Å². The minimum atomic E-state index is -0.704. The van der Waals surface area contributed by atoms with E-state index in [1.807, 2.05) is 6.07 Å². The molecule has 0 saturated heterocycles. The van der Waals surface area contributed by atoms with Crippen LogP contribution < -0.4 is 10.5 Å². The SMILES string of the molecule is N/C(=N\OC(=O)COc1ccc(Cl)cc1Cl)c1ccccc1. The van der Waals surface area contributed by atoms with Crippen LogP contribution in [0.15, 0.2) is 53.7 Å². The van der Waals surface area contributed by atoms with Crippen LogP contribution in [0.3, 0.4) is 0 Å². The lowest BCUT2D eigenvalue weighted by molar-refractivity contribution is -0.146. The summed E-state index contributed by atoms with van der Waals surface area (Å²) in [7, 11) is 0. The predicted octanol–water partition coefficient (Wildman–Crippen LogP) is 3.24. The summed E-state index contributed by atoms with van der Waals surface area (Å²) >= 11 is 11.7. The lowest BCUT2D eigenvalue weighted by atomic mass is 10.2. The Balaban J connectivity index is 1.88. The Morgan fingerprint density at radius 3 is 2.55 bits per heavy atom. The van der Waals surface area contributed by atoms with Crippen LogP contribution in [0, 0.1) is 0 Å². The molecule has 0 spiro atoms. The average Bonchev–Trinajstić information content (AvgIpc) is 2.52. The third-order valence-electron chi connectivity index (χ3n) is 2.55. The van der Waals surface area contributed by atoms with Crippen molar-refractivity contribution in [3.63, 3.8) is 0 Å². The Bertz CT molecular complexity index is 690. The van der Waals surface area contributed by atoms with Gasteiger partial charge in [-0.1, -0.05) is 58.7 Å². The van der Waals surface area contributed by atoms with Gasteiger partial charge in [-0.15, -0.1) is 0 Å². The van der Waals surface area contributed by atoms with Crippen molar-refractivity contribution < 1.29 is 14.4 Å². The summed E-state index contributed by atoms with van der Waals surface area (Å²) in [6.45, 7) is -0.354. The number of halogens is 2. The van der Waals surface area contributed by atoms with E-state index in [1.165, 1.54) is 6.07 Å². The van der Waals surface area contributed by atoms with Crippen LogP contribution in [-0.2, 0) is 9.63 Å². The van der Waals surface area contributed by atoms with Gasteiger partial charge in [0, 0.05) is 10.6 Å². The second kappa shape index (κ2) is 7.68. The molecule has 0 fully saturated rings. The van der Waals surface area contributed by atoms with Crippen molar-refractivity contribution in [2.45, 2.75) is 0 Å². The summed E-state index contributed by atoms with van der Waals surface area (Å²) in [5.74, 6) is -0.286. The number of oxime groups is 1. The largest absolute Gasteiger partial charge is 0.480 e. The number of amidine groups is 1. The molecule has 0 aliphatic rings. The maximum atomic E-state index is 11.6. The fraction of sp³-hybridized carbons (Fsp3) is 0.0667. The zero-order valence-electron chi connectivity index (χ0n) is 11.3. The molecule has 114 valence electrons. The van der Waals surface area contributed by atoms with Gasteiger partial charge in [0.15, 0.2) is 12.4 Å². The first-order valence-electron chi connectivity index (χ1n) is 6.23. The Labute approximate surface area is 137 Å². The first-order valence-corrected chi connectivity index (χ1v) is 6.98. The zero-order valence-corrected chi connectivity index (χ0v) is 12.8. The summed E-state index contributed by atoms with van der Waals surface area (Å²) in [5, 5.41) is 4.33. The quantitative estimate of drug-likeness (QED) is 0.393. The summed E-state index contributed by atoms with van der Waals surface area (Å²) in [4.78, 5) is 16.2. The number of hydrogen-bond donors (Lipinski definition) is 1. The van der Waals surface area contributed by atoms with Crippen molar-refractivity contribution in [1.82, 2.24) is 0 Å². The second-order valence-corrected chi connectivity index (χ2v) is 5.01. The number of rotatable bonds is 5. The number of ether oxygens (including phenoxy) is 1. The minimum Gasteiger partial charge on any atom is -0.480 e. The van der Waals surface area contributed by atoms with Gasteiger partial charge < -0.3 is 15.3 Å². The number of nitrogens with zero attached hydrogens (tertiary/aromatic N) is 1. The van der Waals surface area contributed by atoms with Gasteiger partial charge in [-0.05, 0) is 18.2 Å². The fourth-order valence-electron chi connectivity index (χ4n) is 1.52. The molecule has 5 nitrogen and oxygen atoms in total. The lowest BCUT2D eigenvalue weighted by Crippen LogP contribution is -2.17. The lowest BCUT2D eigenvalue weighted by Gasteiger charge is -2.06. The molecule has 2 rings (SSSR count). The summed E-state index contributed by atoms with van der Waals surface area (Å²) < 4.78 is 5.22. The molecular formula is C15H12Cl2N2O3. The molecule has 0 unspecified atom stereocenters. The molecule has 0 bridgehead atoms. The highest BCUT2D eigenvalue weighted by Crippen LogP contribution is 2.27. The molecule has 0 saturated carbocycles. The van der Waals surface area contributed by atoms with Crippen molar-refractivity contribution in [2.75, 3.05) is 6.61 Å². The highest BCUT2D eigenvalue weighted by molar-refractivity contribution is 6.35. The van der Waals surface area contributed by atoms with Crippen LogP contribution in [0.1, 0.15) is 5.56 Å². The Hall–Kier alpha value is -2.24. The molecule has 7 heteroatoms. The molecular weight excluding hydrogens is 327 g/mol. The van der Waals surface area contributed by atoms with Crippen molar-refractivity contribution >= 4 is 35.0 Å². The first kappa shape index (κ1) is 16.1. The van der Waals surface area contributed by atoms with Crippen molar-refractivity contribution in [3.8, 4) is 5.75 Å². The Morgan fingerprint density at radius 1 is 1.14 bits per heavy atom. The normalized spacial score (nSPS) is 11.1. The van der Waals surface area contributed by atoms with Gasteiger partial charge >= 0.3 is 5.97 Å². The van der Waals surface area contributed by atoms with Gasteiger partial charge in [-0.2, -0.15) is 0 Å². The molecule has 0 aliphatic heterocycles. The van der Waals surface area contributed by atoms with Crippen LogP contribution in [0.25, 0.3) is 0 Å². The number of hydrogen-bond acceptors (Lipinski definition) is 4. The maximum absolute atomic E-state index is 11.6. The van der Waals surface area contributed by atoms with Gasteiger partial charge in [0.2, 0.25) is 0 Å². The molecule has 22 heavy (non-hydrogen) atoms. The average molecular weight is 339 g/mol. The van der Waals surface area contributed by atoms with Crippen molar-refractivity contribution in [2.24, 2.45) is 10.9 Å². The van der Waals surface area contributed by atoms with Gasteiger partial charge in [0.1, 0.15) is 5.75 Å². The maximum Gasteiger partial charge on any atom is 0.372 e. The topological polar surface area (TPSA) is 73.9 Å². The molecule has 0 atom stereocenters. The molecule has 2 N–H and O–H groups in total. The number of carbonyl (C=O) groups is 1. The van der Waals surface area contributed by atoms with E-state index in [0.29, 0.717) is 21.4 Å². The number of benzene rings is 2. The van der Waals surface area contributed by atoms with E-state index in [-0.39, 0.29) is 12.4 Å². The number of carbonyl (C=O) groups excluding carboxylic acids is 1. The van der Waals surface area contributed by atoms with Gasteiger partial charge in [-0.25, -0.2) is 4.79 Å². The first-order chi connectivity index (χ1) is 10.6. The standard InChI is InChI=1S/C15H12Cl2N2O3/c16-11-6-7-13(12(17)8-11)21-9-14(20)22-19-15(18)10-4-2-1-3-5-10/h1-8H,9H2,(H2,18,19). The van der Waals surface area contributed by atoms with Gasteiger partial charge in [0.05, 0.1) is 5.02 Å². The van der Waals surface area contributed by atoms with Crippen LogP contribution in [0.4, 0.5) is 0 Å². The number of nitrogens with two attached hydrogens (primary N) is 1. The summed E-state index contributed by atoms with van der Waals surface area (Å²) in [6, 6.07) is 13.6. The molecule has 2 aromatic carbocycles.